The molecule has 0 spiro atoms. The van der Waals surface area contributed by atoms with Crippen LogP contribution in [0.25, 0.3) is 6.08 Å². The molecule has 1 atom stereocenters. The van der Waals surface area contributed by atoms with Crippen LogP contribution in [0.4, 0.5) is 0 Å². The predicted molar refractivity (Wildman–Crippen MR) is 130 cm³/mol. The molecule has 0 bridgehead atoms. The highest BCUT2D eigenvalue weighted by Crippen LogP contribution is 2.36. The van der Waals surface area contributed by atoms with E-state index in [0.29, 0.717) is 41.5 Å². The standard InChI is InChI=1S/C23H30Cl2N2O4S/c1-4-5-14-32-18-8-6-16(20(24)21(18)25)7-9-19(28)27-12-10-17(11-13-27)22(29)26-15(2)23(30)31-3/h6-9,15,17H,4-5,10-14H2,1-3H3,(H,26,29). The molecular weight excluding hydrogens is 471 g/mol. The maximum absolute atomic E-state index is 12.6. The van der Waals surface area contributed by atoms with Crippen LogP contribution in [0.5, 0.6) is 0 Å². The van der Waals surface area contributed by atoms with Crippen molar-refractivity contribution in [2.45, 2.75) is 50.5 Å². The second-order valence-corrected chi connectivity index (χ2v) is 9.56. The molecule has 9 heteroatoms. The Hall–Kier alpha value is -1.70. The largest absolute Gasteiger partial charge is 0.467 e. The molecule has 0 radical (unpaired) electrons. The van der Waals surface area contributed by atoms with Crippen LogP contribution < -0.4 is 5.32 Å². The van der Waals surface area contributed by atoms with Crippen LogP contribution in [0.1, 0.15) is 45.1 Å². The number of rotatable bonds is 9. The van der Waals surface area contributed by atoms with Gasteiger partial charge in [0.25, 0.3) is 0 Å². The van der Waals surface area contributed by atoms with E-state index in [1.807, 2.05) is 12.1 Å². The number of benzene rings is 1. The quantitative estimate of drug-likeness (QED) is 0.227. The monoisotopic (exact) mass is 500 g/mol. The Morgan fingerprint density at radius 3 is 2.56 bits per heavy atom. The van der Waals surface area contributed by atoms with E-state index in [1.165, 1.54) is 13.2 Å². The summed E-state index contributed by atoms with van der Waals surface area (Å²) in [5, 5.41) is 3.61. The molecule has 6 nitrogen and oxygen atoms in total. The van der Waals surface area contributed by atoms with Gasteiger partial charge in [-0.2, -0.15) is 0 Å². The molecule has 1 heterocycles. The zero-order valence-corrected chi connectivity index (χ0v) is 21.0. The number of halogens is 2. The maximum atomic E-state index is 12.6. The summed E-state index contributed by atoms with van der Waals surface area (Å²) >= 11 is 14.5. The molecule has 1 aliphatic heterocycles. The molecule has 0 aromatic heterocycles. The summed E-state index contributed by atoms with van der Waals surface area (Å²) in [5.41, 5.74) is 0.691. The highest BCUT2D eigenvalue weighted by molar-refractivity contribution is 7.99. The SMILES string of the molecule is CCCCSc1ccc(C=CC(=O)N2CCC(C(=O)NC(C)C(=O)OC)CC2)c(Cl)c1Cl. The van der Waals surface area contributed by atoms with Crippen LogP contribution in [0.2, 0.25) is 10.0 Å². The minimum Gasteiger partial charge on any atom is -0.467 e. The number of piperidine rings is 1. The van der Waals surface area contributed by atoms with Crippen molar-refractivity contribution >= 4 is 58.8 Å². The lowest BCUT2D eigenvalue weighted by Crippen LogP contribution is -2.46. The summed E-state index contributed by atoms with van der Waals surface area (Å²) in [6.07, 6.45) is 6.47. The third-order valence-electron chi connectivity index (χ3n) is 5.33. The van der Waals surface area contributed by atoms with E-state index in [-0.39, 0.29) is 17.7 Å². The Labute approximate surface area is 204 Å². The lowest BCUT2D eigenvalue weighted by atomic mass is 9.95. The molecule has 0 aliphatic carbocycles. The van der Waals surface area contributed by atoms with Gasteiger partial charge in [-0.15, -0.1) is 11.8 Å². The summed E-state index contributed by atoms with van der Waals surface area (Å²) < 4.78 is 4.62. The number of likely N-dealkylation sites (tertiary alicyclic amines) is 1. The van der Waals surface area contributed by atoms with Gasteiger partial charge in [-0.05, 0) is 49.6 Å². The van der Waals surface area contributed by atoms with E-state index >= 15 is 0 Å². The van der Waals surface area contributed by atoms with Crippen LogP contribution in [0, 0.1) is 5.92 Å². The molecule has 176 valence electrons. The topological polar surface area (TPSA) is 75.7 Å². The molecule has 2 amide bonds. The molecule has 1 unspecified atom stereocenters. The van der Waals surface area contributed by atoms with Crippen LogP contribution in [-0.2, 0) is 19.1 Å². The average Bonchev–Trinajstić information content (AvgIpc) is 2.80. The second-order valence-electron chi connectivity index (χ2n) is 7.67. The second kappa shape index (κ2) is 13.1. The third kappa shape index (κ3) is 7.42. The molecule has 1 fully saturated rings. The lowest BCUT2D eigenvalue weighted by molar-refractivity contribution is -0.145. The van der Waals surface area contributed by atoms with Crippen molar-refractivity contribution in [1.82, 2.24) is 10.2 Å². The van der Waals surface area contributed by atoms with Crippen molar-refractivity contribution in [1.29, 1.82) is 0 Å². The highest BCUT2D eigenvalue weighted by atomic mass is 35.5. The number of amides is 2. The highest BCUT2D eigenvalue weighted by Gasteiger charge is 2.28. The first-order valence-corrected chi connectivity index (χ1v) is 12.5. The van der Waals surface area contributed by atoms with E-state index in [0.717, 1.165) is 23.5 Å². The fourth-order valence-electron chi connectivity index (χ4n) is 3.31. The first-order valence-electron chi connectivity index (χ1n) is 10.7. The molecular formula is C23H30Cl2N2O4S. The summed E-state index contributed by atoms with van der Waals surface area (Å²) in [4.78, 5) is 39.0. The Balaban J connectivity index is 1.89. The number of methoxy groups -OCH3 is 1. The lowest BCUT2D eigenvalue weighted by Gasteiger charge is -2.31. The zero-order chi connectivity index (χ0) is 23.7. The average molecular weight is 501 g/mol. The fourth-order valence-corrected chi connectivity index (χ4v) is 4.97. The van der Waals surface area contributed by atoms with Gasteiger partial charge in [0.2, 0.25) is 11.8 Å². The number of ether oxygens (including phenoxy) is 1. The van der Waals surface area contributed by atoms with Gasteiger partial charge in [0, 0.05) is 30.0 Å². The number of hydrogen-bond acceptors (Lipinski definition) is 5. The van der Waals surface area contributed by atoms with Crippen LogP contribution >= 0.6 is 35.0 Å². The van der Waals surface area contributed by atoms with Crippen molar-refractivity contribution < 1.29 is 19.1 Å². The zero-order valence-electron chi connectivity index (χ0n) is 18.7. The number of carbonyl (C=O) groups excluding carboxylic acids is 3. The van der Waals surface area contributed by atoms with E-state index < -0.39 is 12.0 Å². The van der Waals surface area contributed by atoms with E-state index in [4.69, 9.17) is 23.2 Å². The van der Waals surface area contributed by atoms with Gasteiger partial charge in [-0.3, -0.25) is 9.59 Å². The number of nitrogens with one attached hydrogen (secondary N) is 1. The van der Waals surface area contributed by atoms with E-state index in [2.05, 4.69) is 17.0 Å². The van der Waals surface area contributed by atoms with Crippen molar-refractivity contribution in [3.63, 3.8) is 0 Å². The van der Waals surface area contributed by atoms with Crippen LogP contribution in [-0.4, -0.2) is 54.7 Å². The number of unbranched alkanes of at least 4 members (excludes halogenated alkanes) is 1. The molecule has 32 heavy (non-hydrogen) atoms. The number of nitrogens with zero attached hydrogens (tertiary/aromatic N) is 1. The van der Waals surface area contributed by atoms with Crippen LogP contribution in [0.15, 0.2) is 23.1 Å². The van der Waals surface area contributed by atoms with Gasteiger partial charge in [-0.25, -0.2) is 4.79 Å². The first kappa shape index (κ1) is 26.6. The van der Waals surface area contributed by atoms with Gasteiger partial charge in [0.1, 0.15) is 6.04 Å². The fraction of sp³-hybridized carbons (Fsp3) is 0.522. The third-order valence-corrected chi connectivity index (χ3v) is 7.48. The summed E-state index contributed by atoms with van der Waals surface area (Å²) in [5.74, 6) is -0.0664. The van der Waals surface area contributed by atoms with Gasteiger partial charge < -0.3 is 15.0 Å². The Morgan fingerprint density at radius 1 is 1.25 bits per heavy atom. The van der Waals surface area contributed by atoms with Crippen molar-refractivity contribution in [2.75, 3.05) is 26.0 Å². The van der Waals surface area contributed by atoms with Gasteiger partial charge in [-0.1, -0.05) is 42.6 Å². The number of carbonyl (C=O) groups is 3. The molecule has 2 rings (SSSR count). The van der Waals surface area contributed by atoms with Crippen molar-refractivity contribution in [3.8, 4) is 0 Å². The minimum atomic E-state index is -0.692. The Bertz CT molecular complexity index is 855. The molecule has 0 saturated carbocycles. The van der Waals surface area contributed by atoms with Gasteiger partial charge >= 0.3 is 5.97 Å². The van der Waals surface area contributed by atoms with Crippen LogP contribution in [0.3, 0.4) is 0 Å². The van der Waals surface area contributed by atoms with Crippen molar-refractivity contribution in [3.05, 3.63) is 33.8 Å². The Morgan fingerprint density at radius 2 is 1.94 bits per heavy atom. The molecule has 1 aliphatic rings. The van der Waals surface area contributed by atoms with Gasteiger partial charge in [0.15, 0.2) is 0 Å². The maximum Gasteiger partial charge on any atom is 0.328 e. The number of thioether (sulfide) groups is 1. The molecule has 1 aromatic rings. The minimum absolute atomic E-state index is 0.139. The van der Waals surface area contributed by atoms with Crippen molar-refractivity contribution in [2.24, 2.45) is 5.92 Å². The summed E-state index contributed by atoms with van der Waals surface area (Å²) in [6.45, 7) is 4.66. The predicted octanol–water partition coefficient (Wildman–Crippen LogP) is 4.82. The molecule has 1 saturated heterocycles. The number of hydrogen-bond donors (Lipinski definition) is 1. The Kier molecular flexibility index (Phi) is 10.9. The smallest absolute Gasteiger partial charge is 0.328 e. The molecule has 1 N–H and O–H groups in total. The first-order chi connectivity index (χ1) is 15.3. The summed E-state index contributed by atoms with van der Waals surface area (Å²) in [7, 11) is 1.28. The van der Waals surface area contributed by atoms with E-state index in [1.54, 1.807) is 29.7 Å². The van der Waals surface area contributed by atoms with Gasteiger partial charge in [0.05, 0.1) is 17.2 Å². The number of esters is 1. The normalized spacial score (nSPS) is 15.6. The molecule has 1 aromatic carbocycles. The summed E-state index contributed by atoms with van der Waals surface area (Å²) in [6, 6.07) is 3.10. The van der Waals surface area contributed by atoms with E-state index in [9.17, 15) is 14.4 Å².